The van der Waals surface area contributed by atoms with E-state index in [1.807, 2.05) is 0 Å². The Kier molecular flexibility index (Phi) is 11.4. The van der Waals surface area contributed by atoms with Crippen molar-refractivity contribution in [3.8, 4) is 0 Å². The molecule has 0 aromatic carbocycles. The molecule has 0 aliphatic carbocycles. The third kappa shape index (κ3) is 6.23. The molecule has 0 rings (SSSR count). The van der Waals surface area contributed by atoms with E-state index in [-0.39, 0.29) is 27.7 Å². The molecule has 0 bridgehead atoms. The largest absolute Gasteiger partial charge is 0.460 e. The van der Waals surface area contributed by atoms with Gasteiger partial charge in [-0.3, -0.25) is 0 Å². The Morgan fingerprint density at radius 1 is 0.277 bits per heavy atom. The Labute approximate surface area is 243 Å². The van der Waals surface area contributed by atoms with Gasteiger partial charge in [0.15, 0.2) is 0 Å². The van der Waals surface area contributed by atoms with E-state index in [9.17, 15) is 114 Å². The first-order chi connectivity index (χ1) is 19.9. The molecule has 0 aliphatic heterocycles. The Balaban J connectivity index is 7.39. The van der Waals surface area contributed by atoms with E-state index >= 15 is 0 Å². The van der Waals surface area contributed by atoms with Gasteiger partial charge >= 0.3 is 71.6 Å². The number of rotatable bonds is 14. The van der Waals surface area contributed by atoms with Crippen LogP contribution >= 0.6 is 0 Å². The summed E-state index contributed by atoms with van der Waals surface area (Å²) in [4.78, 5) is 0. The molecule has 2 atom stereocenters. The lowest BCUT2D eigenvalue weighted by atomic mass is 9.86. The second kappa shape index (κ2) is 11.9. The van der Waals surface area contributed by atoms with Crippen LogP contribution in [0.2, 0.25) is 0 Å². The molecule has 0 aromatic rings. The summed E-state index contributed by atoms with van der Waals surface area (Å²) >= 11 is 0. The molecule has 0 spiro atoms. The number of ether oxygens (including phenoxy) is 1. The van der Waals surface area contributed by atoms with Crippen molar-refractivity contribution in [2.24, 2.45) is 11.8 Å². The Hall–Kier alpha value is -1.86. The molecule has 0 N–H and O–H groups in total. The van der Waals surface area contributed by atoms with E-state index in [1.165, 1.54) is 0 Å². The lowest BCUT2D eigenvalue weighted by Crippen LogP contribution is -2.73. The smallest absolute Gasteiger partial charge is 0.361 e. The van der Waals surface area contributed by atoms with Gasteiger partial charge in [0.1, 0.15) is 12.2 Å². The fourth-order valence-electron chi connectivity index (χ4n) is 3.40. The average molecular weight is 766 g/mol. The minimum atomic E-state index is -8.63. The van der Waals surface area contributed by atoms with Gasteiger partial charge in [-0.2, -0.15) is 114 Å². The number of halogens is 26. The van der Waals surface area contributed by atoms with Gasteiger partial charge in [-0.15, -0.1) is 0 Å². The van der Waals surface area contributed by atoms with Gasteiger partial charge in [0.05, 0.1) is 0 Å². The normalized spacial score (nSPS) is 17.9. The third-order valence-corrected chi connectivity index (χ3v) is 6.13. The second-order valence-corrected chi connectivity index (χ2v) is 10.3. The first-order valence-electron chi connectivity index (χ1n) is 11.4. The van der Waals surface area contributed by atoms with Gasteiger partial charge in [-0.05, 0) is 11.8 Å². The summed E-state index contributed by atoms with van der Waals surface area (Å²) in [7, 11) is 0. The van der Waals surface area contributed by atoms with Crippen LogP contribution in [0.5, 0.6) is 0 Å². The van der Waals surface area contributed by atoms with Gasteiger partial charge in [-0.25, -0.2) is 0 Å². The Morgan fingerprint density at radius 2 is 0.447 bits per heavy atom. The maximum atomic E-state index is 14.7. The van der Waals surface area contributed by atoms with E-state index < -0.39 is 95.6 Å². The lowest BCUT2D eigenvalue weighted by molar-refractivity contribution is -0.454. The molecule has 0 heterocycles. The predicted molar refractivity (Wildman–Crippen MR) is 99.9 cm³/mol. The van der Waals surface area contributed by atoms with Crippen molar-refractivity contribution in [1.82, 2.24) is 0 Å². The minimum Gasteiger partial charge on any atom is -0.361 e. The first kappa shape index (κ1) is 45.1. The summed E-state index contributed by atoms with van der Waals surface area (Å²) in [5.41, 5.74) is 0. The molecule has 0 aliphatic rings. The van der Waals surface area contributed by atoms with E-state index in [1.54, 1.807) is 0 Å². The summed E-state index contributed by atoms with van der Waals surface area (Å²) in [6.07, 6.45) is -25.6. The molecule has 0 fully saturated rings. The van der Waals surface area contributed by atoms with E-state index in [2.05, 4.69) is 4.74 Å². The van der Waals surface area contributed by atoms with Gasteiger partial charge in [0.25, 0.3) is 0 Å². The van der Waals surface area contributed by atoms with Crippen molar-refractivity contribution in [2.75, 3.05) is 0 Å². The topological polar surface area (TPSA) is 9.23 Å². The molecule has 27 heteroatoms. The fraction of sp³-hybridized carbons (Fsp3) is 1.00. The summed E-state index contributed by atoms with van der Waals surface area (Å²) in [5, 5.41) is 0. The van der Waals surface area contributed by atoms with Crippen molar-refractivity contribution in [3.63, 3.8) is 0 Å². The monoisotopic (exact) mass is 766 g/mol. The van der Waals surface area contributed by atoms with Crippen LogP contribution in [0, 0.1) is 11.8 Å². The number of hydrogen-bond donors (Lipinski definition) is 0. The lowest BCUT2D eigenvalue weighted by Gasteiger charge is -2.46. The molecule has 0 amide bonds. The van der Waals surface area contributed by atoms with Crippen molar-refractivity contribution >= 4 is 0 Å². The highest BCUT2D eigenvalue weighted by Gasteiger charge is 2.93. The Morgan fingerprint density at radius 3 is 0.596 bits per heavy atom. The number of alkyl halides is 26. The molecular formula is C20H16F26O. The molecule has 2 unspecified atom stereocenters. The van der Waals surface area contributed by atoms with Gasteiger partial charge < -0.3 is 4.74 Å². The SMILES string of the molecule is CC(C)C(OC(C(C)C)C(F)(F)C(F)(F)C(F)(F)C(F)(F)C(F)(F)C(F)(F)F)C(F)(F)C(F)(F)C(F)(F)C(F)(F)C(F)(F)C(F)(F)F. The van der Waals surface area contributed by atoms with Crippen molar-refractivity contribution in [1.29, 1.82) is 0 Å². The highest BCUT2D eigenvalue weighted by atomic mass is 19.4. The van der Waals surface area contributed by atoms with Crippen molar-refractivity contribution in [2.45, 2.75) is 111 Å². The van der Waals surface area contributed by atoms with Crippen molar-refractivity contribution in [3.05, 3.63) is 0 Å². The van der Waals surface area contributed by atoms with Gasteiger partial charge in [-0.1, -0.05) is 27.7 Å². The average Bonchev–Trinajstić information content (AvgIpc) is 2.80. The van der Waals surface area contributed by atoms with Gasteiger partial charge in [0.2, 0.25) is 0 Å². The molecule has 1 nitrogen and oxygen atoms in total. The van der Waals surface area contributed by atoms with Gasteiger partial charge in [0, 0.05) is 0 Å². The van der Waals surface area contributed by atoms with Crippen LogP contribution in [0.25, 0.3) is 0 Å². The summed E-state index contributed by atoms with van der Waals surface area (Å²) in [6, 6.07) is 0. The first-order valence-corrected chi connectivity index (χ1v) is 11.4. The van der Waals surface area contributed by atoms with E-state index in [4.69, 9.17) is 0 Å². The standard InChI is InChI=1S/C20H16F26O/c1-5(2)7(9(21,22)11(25,26)13(29,30)15(33,34)17(37,38)19(41,42)43)47-8(6(3)4)10(23,24)12(27,28)14(31,32)16(35,36)18(39,40)20(44,45)46/h5-8H,1-4H3. The van der Waals surface area contributed by atoms with Crippen LogP contribution < -0.4 is 0 Å². The zero-order valence-electron chi connectivity index (χ0n) is 22.5. The van der Waals surface area contributed by atoms with Crippen LogP contribution in [0.4, 0.5) is 114 Å². The van der Waals surface area contributed by atoms with Crippen LogP contribution in [-0.4, -0.2) is 83.8 Å². The molecule has 0 saturated carbocycles. The predicted octanol–water partition coefficient (Wildman–Crippen LogP) is 10.5. The minimum absolute atomic E-state index is 0.102. The molecule has 0 saturated heterocycles. The summed E-state index contributed by atoms with van der Waals surface area (Å²) in [6.45, 7) is -0.406. The maximum absolute atomic E-state index is 14.7. The summed E-state index contributed by atoms with van der Waals surface area (Å²) in [5.74, 6) is -88.9. The zero-order valence-corrected chi connectivity index (χ0v) is 22.5. The highest BCUT2D eigenvalue weighted by molar-refractivity contribution is 5.14. The van der Waals surface area contributed by atoms with Crippen LogP contribution in [-0.2, 0) is 4.74 Å². The van der Waals surface area contributed by atoms with Crippen LogP contribution in [0.1, 0.15) is 27.7 Å². The number of hydrogen-bond acceptors (Lipinski definition) is 1. The molecule has 47 heavy (non-hydrogen) atoms. The fourth-order valence-corrected chi connectivity index (χ4v) is 3.40. The summed E-state index contributed by atoms with van der Waals surface area (Å²) < 4.78 is 355. The van der Waals surface area contributed by atoms with E-state index in [0.717, 1.165) is 0 Å². The maximum Gasteiger partial charge on any atom is 0.460 e. The van der Waals surface area contributed by atoms with Crippen LogP contribution in [0.15, 0.2) is 0 Å². The van der Waals surface area contributed by atoms with E-state index in [0.29, 0.717) is 0 Å². The quantitative estimate of drug-likeness (QED) is 0.160. The molecular weight excluding hydrogens is 750 g/mol. The second-order valence-electron chi connectivity index (χ2n) is 10.3. The molecule has 0 aromatic heterocycles. The van der Waals surface area contributed by atoms with Crippen LogP contribution in [0.3, 0.4) is 0 Å². The molecule has 0 radical (unpaired) electrons. The molecule has 284 valence electrons. The zero-order chi connectivity index (χ0) is 39.0. The van der Waals surface area contributed by atoms with Crippen molar-refractivity contribution < 1.29 is 119 Å². The Bertz CT molecular complexity index is 995. The third-order valence-electron chi connectivity index (χ3n) is 6.13. The highest BCUT2D eigenvalue weighted by Crippen LogP contribution is 2.63.